The summed E-state index contributed by atoms with van der Waals surface area (Å²) in [5.74, 6) is 0.727. The maximum absolute atomic E-state index is 10.7. The zero-order valence-corrected chi connectivity index (χ0v) is 13.1. The van der Waals surface area contributed by atoms with Crippen molar-refractivity contribution in [1.82, 2.24) is 4.98 Å². The molecule has 0 bridgehead atoms. The number of hydrogen-bond acceptors (Lipinski definition) is 5. The van der Waals surface area contributed by atoms with Crippen LogP contribution in [0.15, 0.2) is 47.5 Å². The van der Waals surface area contributed by atoms with Gasteiger partial charge in [-0.15, -0.1) is 11.8 Å². The Balaban J connectivity index is 1.64. The molecule has 0 amide bonds. The smallest absolute Gasteiger partial charge is 0.287 e. The molecule has 0 unspecified atom stereocenters. The van der Waals surface area contributed by atoms with Crippen molar-refractivity contribution in [2.24, 2.45) is 0 Å². The predicted molar refractivity (Wildman–Crippen MR) is 88.4 cm³/mol. The van der Waals surface area contributed by atoms with Crippen molar-refractivity contribution < 1.29 is 4.92 Å². The van der Waals surface area contributed by atoms with Crippen LogP contribution < -0.4 is 5.32 Å². The molecule has 1 saturated carbocycles. The van der Waals surface area contributed by atoms with E-state index in [9.17, 15) is 10.1 Å². The monoisotopic (exact) mass is 315 g/mol. The molecule has 1 aromatic carbocycles. The van der Waals surface area contributed by atoms with Crippen LogP contribution in [0, 0.1) is 17.0 Å². The minimum atomic E-state index is -0.419. The molecule has 3 rings (SSSR count). The second kappa shape index (κ2) is 5.96. The van der Waals surface area contributed by atoms with Gasteiger partial charge in [0.25, 0.3) is 5.69 Å². The molecule has 1 N–H and O–H groups in total. The first-order valence-corrected chi connectivity index (χ1v) is 7.99. The molecule has 1 aromatic heterocycles. The number of aromatic nitrogens is 1. The van der Waals surface area contributed by atoms with Crippen molar-refractivity contribution in [1.29, 1.82) is 0 Å². The average molecular weight is 315 g/mol. The van der Waals surface area contributed by atoms with Gasteiger partial charge in [0.05, 0.1) is 4.92 Å². The number of rotatable bonds is 6. The molecule has 1 aliphatic carbocycles. The quantitative estimate of drug-likeness (QED) is 0.644. The van der Waals surface area contributed by atoms with E-state index in [-0.39, 0.29) is 10.4 Å². The van der Waals surface area contributed by atoms with E-state index in [1.165, 1.54) is 23.9 Å². The molecule has 6 heteroatoms. The molecule has 1 fully saturated rings. The van der Waals surface area contributed by atoms with Crippen molar-refractivity contribution in [3.05, 3.63) is 58.3 Å². The first-order valence-electron chi connectivity index (χ1n) is 7.17. The minimum Gasteiger partial charge on any atom is -0.368 e. The summed E-state index contributed by atoms with van der Waals surface area (Å²) < 4.78 is 0.219. The van der Waals surface area contributed by atoms with Gasteiger partial charge in [-0.2, -0.15) is 0 Å². The van der Waals surface area contributed by atoms with Crippen LogP contribution in [0.3, 0.4) is 0 Å². The summed E-state index contributed by atoms with van der Waals surface area (Å²) in [4.78, 5) is 15.8. The number of anilines is 1. The van der Waals surface area contributed by atoms with E-state index in [0.717, 1.165) is 17.9 Å². The van der Waals surface area contributed by atoms with Crippen LogP contribution in [-0.4, -0.2) is 21.2 Å². The summed E-state index contributed by atoms with van der Waals surface area (Å²) in [7, 11) is 0. The molecular weight excluding hydrogens is 298 g/mol. The fourth-order valence-corrected chi connectivity index (χ4v) is 3.53. The number of hydrogen-bond donors (Lipinski definition) is 1. The van der Waals surface area contributed by atoms with E-state index in [4.69, 9.17) is 0 Å². The Kier molecular flexibility index (Phi) is 4.02. The Morgan fingerprint density at radius 3 is 2.68 bits per heavy atom. The molecule has 1 aliphatic rings. The van der Waals surface area contributed by atoms with E-state index >= 15 is 0 Å². The van der Waals surface area contributed by atoms with Gasteiger partial charge >= 0.3 is 0 Å². The highest BCUT2D eigenvalue weighted by molar-refractivity contribution is 8.01. The minimum absolute atomic E-state index is 0.0304. The zero-order valence-electron chi connectivity index (χ0n) is 12.3. The molecule has 22 heavy (non-hydrogen) atoms. The molecule has 0 saturated heterocycles. The molecule has 114 valence electrons. The first-order chi connectivity index (χ1) is 10.6. The molecule has 0 aliphatic heterocycles. The Morgan fingerprint density at radius 2 is 2.09 bits per heavy atom. The summed E-state index contributed by atoms with van der Waals surface area (Å²) in [5.41, 5.74) is 0.831. The lowest BCUT2D eigenvalue weighted by Gasteiger charge is -2.17. The van der Waals surface area contributed by atoms with Crippen LogP contribution in [0.2, 0.25) is 0 Å². The van der Waals surface area contributed by atoms with Crippen molar-refractivity contribution in [3.63, 3.8) is 0 Å². The fourth-order valence-electron chi connectivity index (χ4n) is 2.28. The summed E-state index contributed by atoms with van der Waals surface area (Å²) >= 11 is 1.89. The molecule has 0 radical (unpaired) electrons. The Hall–Kier alpha value is -2.08. The van der Waals surface area contributed by atoms with Gasteiger partial charge in [-0.3, -0.25) is 10.1 Å². The summed E-state index contributed by atoms with van der Waals surface area (Å²) in [5, 5.41) is 14.1. The van der Waals surface area contributed by atoms with Crippen molar-refractivity contribution in [2.75, 3.05) is 11.9 Å². The molecule has 2 aromatic rings. The average Bonchev–Trinajstić information content (AvgIpc) is 3.27. The molecular formula is C16H17N3O2S. The van der Waals surface area contributed by atoms with Crippen LogP contribution in [0.25, 0.3) is 0 Å². The third-order valence-corrected chi connectivity index (χ3v) is 5.23. The van der Waals surface area contributed by atoms with Crippen LogP contribution in [-0.2, 0) is 0 Å². The van der Waals surface area contributed by atoms with E-state index in [2.05, 4.69) is 22.4 Å². The molecule has 1 heterocycles. The van der Waals surface area contributed by atoms with Gasteiger partial charge in [0.2, 0.25) is 0 Å². The van der Waals surface area contributed by atoms with E-state index in [1.807, 2.05) is 36.9 Å². The van der Waals surface area contributed by atoms with Crippen LogP contribution in [0.4, 0.5) is 11.5 Å². The Labute approximate surface area is 133 Å². The standard InChI is InChI=1S/C16H17N3O2S/c1-12-9-13(19(20)21)10-17-15(12)18-11-16(7-8-16)22-14-5-3-2-4-6-14/h2-6,9-10H,7-8,11H2,1H3,(H,17,18). The largest absolute Gasteiger partial charge is 0.368 e. The van der Waals surface area contributed by atoms with Gasteiger partial charge in [-0.1, -0.05) is 18.2 Å². The van der Waals surface area contributed by atoms with Crippen LogP contribution in [0.5, 0.6) is 0 Å². The van der Waals surface area contributed by atoms with Crippen LogP contribution in [0.1, 0.15) is 18.4 Å². The Morgan fingerprint density at radius 1 is 1.36 bits per heavy atom. The maximum Gasteiger partial charge on any atom is 0.287 e. The number of nitrogens with zero attached hydrogens (tertiary/aromatic N) is 2. The zero-order chi connectivity index (χ0) is 15.6. The van der Waals surface area contributed by atoms with Crippen LogP contribution >= 0.6 is 11.8 Å². The van der Waals surface area contributed by atoms with E-state index < -0.39 is 4.92 Å². The maximum atomic E-state index is 10.7. The van der Waals surface area contributed by atoms with Gasteiger partial charge in [-0.25, -0.2) is 4.98 Å². The lowest BCUT2D eigenvalue weighted by atomic mass is 10.2. The Bertz CT molecular complexity index is 687. The number of thioether (sulfide) groups is 1. The fraction of sp³-hybridized carbons (Fsp3) is 0.312. The van der Waals surface area contributed by atoms with Crippen molar-refractivity contribution in [2.45, 2.75) is 29.4 Å². The van der Waals surface area contributed by atoms with Gasteiger partial charge in [0, 0.05) is 22.3 Å². The highest BCUT2D eigenvalue weighted by atomic mass is 32.2. The number of aryl methyl sites for hydroxylation is 1. The number of benzene rings is 1. The van der Waals surface area contributed by atoms with Gasteiger partial charge in [0.1, 0.15) is 12.0 Å². The topological polar surface area (TPSA) is 68.1 Å². The summed E-state index contributed by atoms with van der Waals surface area (Å²) in [6.45, 7) is 2.66. The van der Waals surface area contributed by atoms with E-state index in [0.29, 0.717) is 0 Å². The number of pyridine rings is 1. The SMILES string of the molecule is Cc1cc([N+](=O)[O-])cnc1NCC1(Sc2ccccc2)CC1. The third kappa shape index (κ3) is 3.39. The second-order valence-electron chi connectivity index (χ2n) is 5.57. The van der Waals surface area contributed by atoms with Gasteiger partial charge < -0.3 is 5.32 Å². The third-order valence-electron chi connectivity index (χ3n) is 3.74. The second-order valence-corrected chi connectivity index (χ2v) is 7.11. The normalized spacial score (nSPS) is 15.3. The first kappa shape index (κ1) is 14.8. The highest BCUT2D eigenvalue weighted by Gasteiger charge is 2.43. The number of nitro groups is 1. The molecule has 5 nitrogen and oxygen atoms in total. The molecule has 0 atom stereocenters. The lowest BCUT2D eigenvalue weighted by molar-refractivity contribution is -0.385. The summed E-state index contributed by atoms with van der Waals surface area (Å²) in [6.07, 6.45) is 3.65. The predicted octanol–water partition coefficient (Wildman–Crippen LogP) is 4.04. The van der Waals surface area contributed by atoms with Crippen molar-refractivity contribution >= 4 is 23.3 Å². The van der Waals surface area contributed by atoms with Crippen molar-refractivity contribution in [3.8, 4) is 0 Å². The lowest BCUT2D eigenvalue weighted by Crippen LogP contribution is -2.19. The van der Waals surface area contributed by atoms with Gasteiger partial charge in [-0.05, 0) is 37.5 Å². The number of nitrogens with one attached hydrogen (secondary N) is 1. The summed E-state index contributed by atoms with van der Waals surface area (Å²) in [6, 6.07) is 11.9. The van der Waals surface area contributed by atoms with Gasteiger partial charge in [0.15, 0.2) is 0 Å². The van der Waals surface area contributed by atoms with E-state index in [1.54, 1.807) is 6.07 Å². The molecule has 0 spiro atoms. The highest BCUT2D eigenvalue weighted by Crippen LogP contribution is 2.51.